The summed E-state index contributed by atoms with van der Waals surface area (Å²) >= 11 is 0. The molecule has 1 saturated heterocycles. The Bertz CT molecular complexity index is 427. The van der Waals surface area contributed by atoms with Gasteiger partial charge in [0.05, 0.1) is 0 Å². The molecule has 0 saturated carbocycles. The van der Waals surface area contributed by atoms with Crippen LogP contribution in [0.1, 0.15) is 34.1 Å². The highest BCUT2D eigenvalue weighted by Gasteiger charge is 2.25. The lowest BCUT2D eigenvalue weighted by molar-refractivity contribution is 0.143. The summed E-state index contributed by atoms with van der Waals surface area (Å²) < 4.78 is 32.6. The summed E-state index contributed by atoms with van der Waals surface area (Å²) in [5.41, 5.74) is 0.938. The molecule has 1 fully saturated rings. The van der Waals surface area contributed by atoms with E-state index in [9.17, 15) is 8.78 Å². The summed E-state index contributed by atoms with van der Waals surface area (Å²) in [7, 11) is 1.39. The molecule has 0 N–H and O–H groups in total. The normalized spacial score (nSPS) is 23.1. The Hall–Kier alpha value is -1.16. The number of hydrogen-bond acceptors (Lipinski definition) is 2. The molecule has 0 aromatic heterocycles. The van der Waals surface area contributed by atoms with Gasteiger partial charge in [-0.05, 0) is 44.3 Å². The van der Waals surface area contributed by atoms with Crippen molar-refractivity contribution in [1.82, 2.24) is 4.90 Å². The summed E-state index contributed by atoms with van der Waals surface area (Å²) in [5, 5.41) is 0. The van der Waals surface area contributed by atoms with Crippen molar-refractivity contribution in [2.45, 2.75) is 40.2 Å². The number of nitrogens with zero attached hydrogens (tertiary/aromatic N) is 1. The van der Waals surface area contributed by atoms with Gasteiger partial charge in [0, 0.05) is 25.9 Å². The largest absolute Gasteiger partial charge is 0.375 e. The first-order valence-corrected chi connectivity index (χ1v) is 7.54. The van der Waals surface area contributed by atoms with E-state index in [0.29, 0.717) is 11.8 Å². The van der Waals surface area contributed by atoms with Crippen molar-refractivity contribution in [1.29, 1.82) is 0 Å². The van der Waals surface area contributed by atoms with Gasteiger partial charge in [0.2, 0.25) is 0 Å². The molecule has 2 atom stereocenters. The minimum Gasteiger partial charge on any atom is -0.375 e. The van der Waals surface area contributed by atoms with Gasteiger partial charge in [-0.2, -0.15) is 0 Å². The SMILES string of the molecule is C/C=C\C(F)=C(\F)C(C=C(C)N1CCC(C(C)C)C1)OC. The number of hydrogen-bond donors (Lipinski definition) is 0. The van der Waals surface area contributed by atoms with Crippen molar-refractivity contribution in [3.05, 3.63) is 35.6 Å². The monoisotopic (exact) mass is 299 g/mol. The molecule has 1 rings (SSSR count). The molecule has 1 aliphatic heterocycles. The number of rotatable bonds is 6. The van der Waals surface area contributed by atoms with E-state index < -0.39 is 17.8 Å². The molecule has 2 unspecified atom stereocenters. The van der Waals surface area contributed by atoms with Crippen molar-refractivity contribution in [2.24, 2.45) is 11.8 Å². The Labute approximate surface area is 127 Å². The Morgan fingerprint density at radius 1 is 1.33 bits per heavy atom. The zero-order chi connectivity index (χ0) is 16.0. The highest BCUT2D eigenvalue weighted by Crippen LogP contribution is 2.27. The second-order valence-corrected chi connectivity index (χ2v) is 5.90. The van der Waals surface area contributed by atoms with Gasteiger partial charge in [0.1, 0.15) is 6.10 Å². The van der Waals surface area contributed by atoms with Gasteiger partial charge in [0.15, 0.2) is 11.7 Å². The minimum absolute atomic E-state index is 0.643. The Kier molecular flexibility index (Phi) is 7.09. The molecule has 0 aromatic rings. The van der Waals surface area contributed by atoms with Gasteiger partial charge in [-0.3, -0.25) is 0 Å². The van der Waals surface area contributed by atoms with Crippen molar-refractivity contribution < 1.29 is 13.5 Å². The summed E-state index contributed by atoms with van der Waals surface area (Å²) in [4.78, 5) is 2.22. The fourth-order valence-electron chi connectivity index (χ4n) is 2.58. The molecule has 4 heteroatoms. The molecule has 0 aromatic carbocycles. The molecule has 2 nitrogen and oxygen atoms in total. The maximum absolute atomic E-state index is 14.0. The smallest absolute Gasteiger partial charge is 0.168 e. The summed E-state index contributed by atoms with van der Waals surface area (Å²) in [5.74, 6) is -0.455. The topological polar surface area (TPSA) is 12.5 Å². The quantitative estimate of drug-likeness (QED) is 0.664. The summed E-state index contributed by atoms with van der Waals surface area (Å²) in [6.45, 7) is 9.95. The van der Waals surface area contributed by atoms with Crippen LogP contribution in [0.2, 0.25) is 0 Å². The highest BCUT2D eigenvalue weighted by molar-refractivity contribution is 5.22. The van der Waals surface area contributed by atoms with Gasteiger partial charge in [-0.25, -0.2) is 8.78 Å². The lowest BCUT2D eigenvalue weighted by atomic mass is 9.95. The van der Waals surface area contributed by atoms with Gasteiger partial charge in [-0.15, -0.1) is 0 Å². The second kappa shape index (κ2) is 8.32. The van der Waals surface area contributed by atoms with Crippen LogP contribution >= 0.6 is 0 Å². The zero-order valence-electron chi connectivity index (χ0n) is 13.7. The molecule has 1 aliphatic rings. The zero-order valence-corrected chi connectivity index (χ0v) is 13.7. The first kappa shape index (κ1) is 17.9. The van der Waals surface area contributed by atoms with Gasteiger partial charge in [-0.1, -0.05) is 19.9 Å². The molecule has 1 heterocycles. The van der Waals surface area contributed by atoms with Crippen LogP contribution in [0, 0.1) is 11.8 Å². The molecular weight excluding hydrogens is 272 g/mol. The van der Waals surface area contributed by atoms with Gasteiger partial charge < -0.3 is 9.64 Å². The average Bonchev–Trinajstić information content (AvgIpc) is 2.94. The van der Waals surface area contributed by atoms with Gasteiger partial charge in [0.25, 0.3) is 0 Å². The maximum Gasteiger partial charge on any atom is 0.168 e. The van der Waals surface area contributed by atoms with Crippen LogP contribution in [0.25, 0.3) is 0 Å². The fraction of sp³-hybridized carbons (Fsp3) is 0.647. The van der Waals surface area contributed by atoms with Crippen molar-refractivity contribution in [3.8, 4) is 0 Å². The molecule has 0 radical (unpaired) electrons. The predicted molar refractivity (Wildman–Crippen MR) is 83.1 cm³/mol. The molecular formula is C17H27F2NO. The van der Waals surface area contributed by atoms with E-state index in [1.54, 1.807) is 13.0 Å². The van der Waals surface area contributed by atoms with E-state index in [-0.39, 0.29) is 0 Å². The molecule has 21 heavy (non-hydrogen) atoms. The second-order valence-electron chi connectivity index (χ2n) is 5.90. The first-order chi connectivity index (χ1) is 9.90. The Morgan fingerprint density at radius 2 is 2.00 bits per heavy atom. The number of methoxy groups -OCH3 is 1. The van der Waals surface area contributed by atoms with Crippen molar-refractivity contribution in [2.75, 3.05) is 20.2 Å². The molecule has 0 aliphatic carbocycles. The van der Waals surface area contributed by atoms with Crippen LogP contribution < -0.4 is 0 Å². The molecule has 0 bridgehead atoms. The molecule has 120 valence electrons. The van der Waals surface area contributed by atoms with Crippen LogP contribution in [-0.4, -0.2) is 31.2 Å². The van der Waals surface area contributed by atoms with E-state index in [1.807, 2.05) is 6.92 Å². The third-order valence-corrected chi connectivity index (χ3v) is 4.10. The Morgan fingerprint density at radius 3 is 2.48 bits per heavy atom. The third-order valence-electron chi connectivity index (χ3n) is 4.10. The Balaban J connectivity index is 2.82. The standard InChI is InChI=1S/C17H27F2NO/c1-6-7-15(18)17(19)16(21-5)10-13(4)20-9-8-14(11-20)12(2)3/h6-7,10,12,14,16H,8-9,11H2,1-5H3/b7-6-,13-10?,17-15-. The maximum atomic E-state index is 14.0. The van der Waals surface area contributed by atoms with E-state index in [2.05, 4.69) is 18.7 Å². The lowest BCUT2D eigenvalue weighted by Crippen LogP contribution is -2.22. The van der Waals surface area contributed by atoms with Crippen molar-refractivity contribution >= 4 is 0 Å². The summed E-state index contributed by atoms with van der Waals surface area (Å²) in [6.07, 6.45) is 4.40. The summed E-state index contributed by atoms with van der Waals surface area (Å²) in [6, 6.07) is 0. The number of allylic oxidation sites excluding steroid dienone is 4. The van der Waals surface area contributed by atoms with Crippen LogP contribution in [-0.2, 0) is 4.74 Å². The van der Waals surface area contributed by atoms with E-state index >= 15 is 0 Å². The average molecular weight is 299 g/mol. The minimum atomic E-state index is -0.973. The number of ether oxygens (including phenoxy) is 1. The van der Waals surface area contributed by atoms with Gasteiger partial charge >= 0.3 is 0 Å². The van der Waals surface area contributed by atoms with Crippen molar-refractivity contribution in [3.63, 3.8) is 0 Å². The van der Waals surface area contributed by atoms with E-state index in [1.165, 1.54) is 13.2 Å². The first-order valence-electron chi connectivity index (χ1n) is 7.54. The van der Waals surface area contributed by atoms with E-state index in [4.69, 9.17) is 4.74 Å². The van der Waals surface area contributed by atoms with Crippen LogP contribution in [0.3, 0.4) is 0 Å². The predicted octanol–water partition coefficient (Wildman–Crippen LogP) is 4.61. The van der Waals surface area contributed by atoms with Crippen LogP contribution in [0.15, 0.2) is 35.6 Å². The molecule has 0 amide bonds. The molecule has 0 spiro atoms. The number of likely N-dealkylation sites (tertiary alicyclic amines) is 1. The fourth-order valence-corrected chi connectivity index (χ4v) is 2.58. The van der Waals surface area contributed by atoms with E-state index in [0.717, 1.165) is 31.3 Å². The highest BCUT2D eigenvalue weighted by atomic mass is 19.2. The third kappa shape index (κ3) is 4.95. The van der Waals surface area contributed by atoms with Crippen LogP contribution in [0.5, 0.6) is 0 Å². The number of halogens is 2. The lowest BCUT2D eigenvalue weighted by Gasteiger charge is -2.22. The van der Waals surface area contributed by atoms with Crippen LogP contribution in [0.4, 0.5) is 8.78 Å².